The lowest BCUT2D eigenvalue weighted by atomic mass is 10.1. The summed E-state index contributed by atoms with van der Waals surface area (Å²) in [6.45, 7) is 0.709. The molecular formula is C13H13BrFN3. The fraction of sp³-hybridized carbons (Fsp3) is 0.308. The van der Waals surface area contributed by atoms with Gasteiger partial charge >= 0.3 is 0 Å². The first-order valence-electron chi connectivity index (χ1n) is 5.95. The van der Waals surface area contributed by atoms with Gasteiger partial charge in [0.15, 0.2) is 0 Å². The summed E-state index contributed by atoms with van der Waals surface area (Å²) in [5.41, 5.74) is 1.25. The van der Waals surface area contributed by atoms with E-state index in [1.54, 1.807) is 18.3 Å². The third kappa shape index (κ3) is 2.62. The number of nitrogens with zero attached hydrogens (tertiary/aromatic N) is 1. The molecule has 1 aliphatic carbocycles. The lowest BCUT2D eigenvalue weighted by Gasteiger charge is -2.01. The van der Waals surface area contributed by atoms with E-state index in [-0.39, 0.29) is 5.82 Å². The molecule has 1 saturated carbocycles. The van der Waals surface area contributed by atoms with Gasteiger partial charge in [-0.25, -0.2) is 9.37 Å². The van der Waals surface area contributed by atoms with Gasteiger partial charge in [-0.15, -0.1) is 0 Å². The molecule has 1 fully saturated rings. The first-order valence-corrected chi connectivity index (χ1v) is 6.74. The van der Waals surface area contributed by atoms with Gasteiger partial charge < -0.3 is 10.3 Å². The van der Waals surface area contributed by atoms with Crippen molar-refractivity contribution in [1.82, 2.24) is 15.3 Å². The van der Waals surface area contributed by atoms with Gasteiger partial charge in [-0.2, -0.15) is 0 Å². The van der Waals surface area contributed by atoms with Gasteiger partial charge in [0.25, 0.3) is 0 Å². The highest BCUT2D eigenvalue weighted by molar-refractivity contribution is 9.10. The van der Waals surface area contributed by atoms with Crippen molar-refractivity contribution in [2.45, 2.75) is 25.4 Å². The quantitative estimate of drug-likeness (QED) is 0.910. The molecule has 0 aliphatic heterocycles. The number of aromatic nitrogens is 2. The van der Waals surface area contributed by atoms with Crippen molar-refractivity contribution >= 4 is 15.9 Å². The summed E-state index contributed by atoms with van der Waals surface area (Å²) in [5, 5.41) is 3.37. The van der Waals surface area contributed by atoms with E-state index < -0.39 is 0 Å². The standard InChI is InChI=1S/C13H13BrFN3/c14-8-1-4-11(15)10(5-8)12-6-17-13(18-12)7-16-9-2-3-9/h1,4-6,9,16H,2-3,7H2,(H,17,18). The minimum Gasteiger partial charge on any atom is -0.341 e. The summed E-state index contributed by atoms with van der Waals surface area (Å²) in [7, 11) is 0. The Morgan fingerprint density at radius 3 is 3.06 bits per heavy atom. The Labute approximate surface area is 113 Å². The van der Waals surface area contributed by atoms with Crippen LogP contribution in [0, 0.1) is 5.82 Å². The molecule has 0 bridgehead atoms. The van der Waals surface area contributed by atoms with Crippen molar-refractivity contribution in [3.05, 3.63) is 40.5 Å². The van der Waals surface area contributed by atoms with Gasteiger partial charge in [0.2, 0.25) is 0 Å². The smallest absolute Gasteiger partial charge is 0.132 e. The summed E-state index contributed by atoms with van der Waals surface area (Å²) in [6.07, 6.45) is 4.16. The Kier molecular flexibility index (Phi) is 3.18. The second-order valence-electron chi connectivity index (χ2n) is 4.52. The molecule has 1 heterocycles. The molecule has 2 N–H and O–H groups in total. The Bertz CT molecular complexity index is 563. The predicted molar refractivity (Wildman–Crippen MR) is 71.5 cm³/mol. The second kappa shape index (κ2) is 4.82. The van der Waals surface area contributed by atoms with E-state index >= 15 is 0 Å². The molecule has 0 radical (unpaired) electrons. The molecular weight excluding hydrogens is 297 g/mol. The Morgan fingerprint density at radius 2 is 2.28 bits per heavy atom. The van der Waals surface area contributed by atoms with Crippen LogP contribution >= 0.6 is 15.9 Å². The fourth-order valence-corrected chi connectivity index (χ4v) is 2.18. The van der Waals surface area contributed by atoms with Crippen LogP contribution < -0.4 is 5.32 Å². The first-order chi connectivity index (χ1) is 8.72. The molecule has 3 rings (SSSR count). The minimum absolute atomic E-state index is 0.247. The number of nitrogens with one attached hydrogen (secondary N) is 2. The van der Waals surface area contributed by atoms with Crippen LogP contribution in [-0.4, -0.2) is 16.0 Å². The van der Waals surface area contributed by atoms with E-state index in [9.17, 15) is 4.39 Å². The highest BCUT2D eigenvalue weighted by Gasteiger charge is 2.20. The summed E-state index contributed by atoms with van der Waals surface area (Å²) >= 11 is 3.35. The maximum Gasteiger partial charge on any atom is 0.132 e. The van der Waals surface area contributed by atoms with Crippen molar-refractivity contribution in [3.63, 3.8) is 0 Å². The van der Waals surface area contributed by atoms with Crippen molar-refractivity contribution in [1.29, 1.82) is 0 Å². The molecule has 0 spiro atoms. The first kappa shape index (κ1) is 11.9. The summed E-state index contributed by atoms with van der Waals surface area (Å²) in [5.74, 6) is 0.597. The largest absolute Gasteiger partial charge is 0.341 e. The van der Waals surface area contributed by atoms with Gasteiger partial charge in [0.1, 0.15) is 11.6 Å². The van der Waals surface area contributed by atoms with Crippen LogP contribution in [0.25, 0.3) is 11.3 Å². The number of halogens is 2. The molecule has 3 nitrogen and oxygen atoms in total. The topological polar surface area (TPSA) is 40.7 Å². The molecule has 18 heavy (non-hydrogen) atoms. The molecule has 2 aromatic rings. The van der Waals surface area contributed by atoms with E-state index in [0.717, 1.165) is 10.3 Å². The number of imidazole rings is 1. The maximum absolute atomic E-state index is 13.7. The van der Waals surface area contributed by atoms with Crippen molar-refractivity contribution in [2.24, 2.45) is 0 Å². The van der Waals surface area contributed by atoms with Gasteiger partial charge in [-0.1, -0.05) is 15.9 Å². The Balaban J connectivity index is 1.80. The van der Waals surface area contributed by atoms with Crippen molar-refractivity contribution < 1.29 is 4.39 Å². The molecule has 1 aromatic heterocycles. The summed E-state index contributed by atoms with van der Waals surface area (Å²) in [4.78, 5) is 7.41. The number of rotatable bonds is 4. The predicted octanol–water partition coefficient (Wildman–Crippen LogP) is 3.23. The molecule has 0 atom stereocenters. The molecule has 0 unspecified atom stereocenters. The van der Waals surface area contributed by atoms with Gasteiger partial charge in [-0.05, 0) is 31.0 Å². The lowest BCUT2D eigenvalue weighted by molar-refractivity contribution is 0.630. The maximum atomic E-state index is 13.7. The van der Waals surface area contributed by atoms with Gasteiger partial charge in [0.05, 0.1) is 18.4 Å². The molecule has 0 amide bonds. The fourth-order valence-electron chi connectivity index (χ4n) is 1.82. The minimum atomic E-state index is -0.247. The number of hydrogen-bond donors (Lipinski definition) is 2. The van der Waals surface area contributed by atoms with Crippen LogP contribution in [0.2, 0.25) is 0 Å². The highest BCUT2D eigenvalue weighted by Crippen LogP contribution is 2.25. The third-order valence-electron chi connectivity index (χ3n) is 2.98. The monoisotopic (exact) mass is 309 g/mol. The number of hydrogen-bond acceptors (Lipinski definition) is 2. The number of benzene rings is 1. The molecule has 1 aliphatic rings. The van der Waals surface area contributed by atoms with E-state index in [0.29, 0.717) is 23.8 Å². The molecule has 94 valence electrons. The Hall–Kier alpha value is -1.20. The van der Waals surface area contributed by atoms with E-state index in [2.05, 4.69) is 31.2 Å². The van der Waals surface area contributed by atoms with E-state index in [1.807, 2.05) is 0 Å². The van der Waals surface area contributed by atoms with Crippen LogP contribution in [0.15, 0.2) is 28.9 Å². The van der Waals surface area contributed by atoms with Crippen LogP contribution in [0.4, 0.5) is 4.39 Å². The summed E-state index contributed by atoms with van der Waals surface area (Å²) < 4.78 is 14.6. The van der Waals surface area contributed by atoms with Gasteiger partial charge in [0, 0.05) is 16.1 Å². The molecule has 5 heteroatoms. The number of aromatic amines is 1. The van der Waals surface area contributed by atoms with Crippen molar-refractivity contribution in [3.8, 4) is 11.3 Å². The van der Waals surface area contributed by atoms with Crippen LogP contribution in [-0.2, 0) is 6.54 Å². The zero-order valence-corrected chi connectivity index (χ0v) is 11.3. The Morgan fingerprint density at radius 1 is 1.44 bits per heavy atom. The SMILES string of the molecule is Fc1ccc(Br)cc1-c1cnc(CNC2CC2)[nH]1. The van der Waals surface area contributed by atoms with Crippen LogP contribution in [0.5, 0.6) is 0 Å². The highest BCUT2D eigenvalue weighted by atomic mass is 79.9. The van der Waals surface area contributed by atoms with E-state index in [4.69, 9.17) is 0 Å². The molecule has 1 aromatic carbocycles. The lowest BCUT2D eigenvalue weighted by Crippen LogP contribution is -2.16. The van der Waals surface area contributed by atoms with Crippen LogP contribution in [0.1, 0.15) is 18.7 Å². The summed E-state index contributed by atoms with van der Waals surface area (Å²) in [6, 6.07) is 5.52. The van der Waals surface area contributed by atoms with Gasteiger partial charge in [-0.3, -0.25) is 0 Å². The second-order valence-corrected chi connectivity index (χ2v) is 5.44. The zero-order chi connectivity index (χ0) is 12.5. The third-order valence-corrected chi connectivity index (χ3v) is 3.48. The van der Waals surface area contributed by atoms with Crippen LogP contribution in [0.3, 0.4) is 0 Å². The normalized spacial score (nSPS) is 15.0. The molecule has 0 saturated heterocycles. The average molecular weight is 310 g/mol. The van der Waals surface area contributed by atoms with E-state index in [1.165, 1.54) is 18.9 Å². The average Bonchev–Trinajstić information content (AvgIpc) is 3.08. The zero-order valence-electron chi connectivity index (χ0n) is 9.71. The van der Waals surface area contributed by atoms with Crippen molar-refractivity contribution in [2.75, 3.05) is 0 Å². The number of H-pyrrole nitrogens is 1.